The Bertz CT molecular complexity index is 116. The molecule has 0 aliphatic carbocycles. The Morgan fingerprint density at radius 2 is 2.50 bits per heavy atom. The Balaban J connectivity index is 2.26. The molecule has 8 heavy (non-hydrogen) atoms. The second kappa shape index (κ2) is 2.47. The lowest BCUT2D eigenvalue weighted by molar-refractivity contribution is -0.0423. The van der Waals surface area contributed by atoms with Gasteiger partial charge in [-0.3, -0.25) is 0 Å². The Labute approximate surface area is 56.6 Å². The highest BCUT2D eigenvalue weighted by molar-refractivity contribution is 9.09. The molecular formula is C5H6BrNO. The number of hydrogen-bond donors (Lipinski definition) is 0. The van der Waals surface area contributed by atoms with E-state index in [-0.39, 0.29) is 10.9 Å². The van der Waals surface area contributed by atoms with Gasteiger partial charge in [-0.25, -0.2) is 0 Å². The molecule has 1 saturated heterocycles. The summed E-state index contributed by atoms with van der Waals surface area (Å²) in [5, 5.41) is 8.29. The average Bonchev–Trinajstić information content (AvgIpc) is 1.62. The Kier molecular flexibility index (Phi) is 1.87. The summed E-state index contributed by atoms with van der Waals surface area (Å²) in [6, 6.07) is 2.06. The smallest absolute Gasteiger partial charge is 0.127 e. The molecule has 1 rings (SSSR count). The van der Waals surface area contributed by atoms with Crippen molar-refractivity contribution < 1.29 is 4.74 Å². The maximum Gasteiger partial charge on any atom is 0.127 e. The lowest BCUT2D eigenvalue weighted by Crippen LogP contribution is -2.34. The molecule has 1 heterocycles. The van der Waals surface area contributed by atoms with E-state index in [9.17, 15) is 0 Å². The summed E-state index contributed by atoms with van der Waals surface area (Å²) >= 11 is 3.17. The van der Waals surface area contributed by atoms with Gasteiger partial charge in [-0.15, -0.1) is 0 Å². The van der Waals surface area contributed by atoms with E-state index in [1.54, 1.807) is 0 Å². The van der Waals surface area contributed by atoms with Crippen LogP contribution in [0.1, 0.15) is 6.42 Å². The van der Waals surface area contributed by atoms with Crippen molar-refractivity contribution in [1.29, 1.82) is 5.26 Å². The van der Waals surface area contributed by atoms with Crippen LogP contribution in [0.15, 0.2) is 0 Å². The van der Waals surface area contributed by atoms with Crippen LogP contribution in [0.4, 0.5) is 0 Å². The molecule has 0 aromatic rings. The van der Waals surface area contributed by atoms with Gasteiger partial charge < -0.3 is 4.74 Å². The summed E-state index contributed by atoms with van der Waals surface area (Å²) in [5.74, 6) is 0. The molecular weight excluding hydrogens is 170 g/mol. The highest BCUT2D eigenvalue weighted by atomic mass is 79.9. The van der Waals surface area contributed by atoms with Gasteiger partial charge in [0.2, 0.25) is 0 Å². The van der Waals surface area contributed by atoms with E-state index < -0.39 is 0 Å². The summed E-state index contributed by atoms with van der Waals surface area (Å²) in [4.78, 5) is -0.101. The second-order valence-electron chi connectivity index (χ2n) is 1.73. The van der Waals surface area contributed by atoms with Gasteiger partial charge in [-0.05, 0) is 6.42 Å². The van der Waals surface area contributed by atoms with Crippen molar-refractivity contribution in [2.45, 2.75) is 17.4 Å². The topological polar surface area (TPSA) is 33.0 Å². The fourth-order valence-electron chi connectivity index (χ4n) is 0.568. The second-order valence-corrected chi connectivity index (χ2v) is 2.72. The van der Waals surface area contributed by atoms with Gasteiger partial charge in [0.25, 0.3) is 0 Å². The van der Waals surface area contributed by atoms with E-state index in [0.717, 1.165) is 13.0 Å². The summed E-state index contributed by atoms with van der Waals surface area (Å²) in [6.07, 6.45) is 1.17. The van der Waals surface area contributed by atoms with Gasteiger partial charge >= 0.3 is 0 Å². The molecule has 1 aliphatic heterocycles. The Morgan fingerprint density at radius 1 is 1.88 bits per heavy atom. The number of halogens is 1. The molecule has 0 bridgehead atoms. The van der Waals surface area contributed by atoms with Crippen LogP contribution in [-0.4, -0.2) is 17.5 Å². The number of alkyl halides is 1. The normalized spacial score (nSPS) is 30.2. The summed E-state index contributed by atoms with van der Waals surface area (Å²) in [5.41, 5.74) is 0. The van der Waals surface area contributed by atoms with Crippen molar-refractivity contribution in [3.8, 4) is 6.07 Å². The molecule has 0 N–H and O–H groups in total. The third-order valence-corrected chi connectivity index (χ3v) is 1.98. The molecule has 0 spiro atoms. The van der Waals surface area contributed by atoms with Gasteiger partial charge in [0, 0.05) is 6.61 Å². The quantitative estimate of drug-likeness (QED) is 0.559. The maximum atomic E-state index is 8.29. The molecule has 2 unspecified atom stereocenters. The molecule has 0 aromatic heterocycles. The Hall–Kier alpha value is -0.0700. The SMILES string of the molecule is N#CC(Br)C1CCO1. The van der Waals surface area contributed by atoms with E-state index >= 15 is 0 Å². The predicted octanol–water partition coefficient (Wildman–Crippen LogP) is 1.06. The van der Waals surface area contributed by atoms with Crippen LogP contribution in [0.3, 0.4) is 0 Å². The molecule has 44 valence electrons. The number of hydrogen-bond acceptors (Lipinski definition) is 2. The number of nitriles is 1. The van der Waals surface area contributed by atoms with E-state index in [0.29, 0.717) is 0 Å². The van der Waals surface area contributed by atoms with Crippen LogP contribution in [0.2, 0.25) is 0 Å². The van der Waals surface area contributed by atoms with Gasteiger partial charge in [-0.1, -0.05) is 15.9 Å². The van der Waals surface area contributed by atoms with Crippen molar-refractivity contribution in [1.82, 2.24) is 0 Å². The first-order valence-corrected chi connectivity index (χ1v) is 3.41. The fraction of sp³-hybridized carbons (Fsp3) is 0.800. The number of ether oxygens (including phenoxy) is 1. The monoisotopic (exact) mass is 175 g/mol. The molecule has 0 amide bonds. The largest absolute Gasteiger partial charge is 0.376 e. The average molecular weight is 176 g/mol. The van der Waals surface area contributed by atoms with Gasteiger partial charge in [0.05, 0.1) is 12.2 Å². The molecule has 2 nitrogen and oxygen atoms in total. The van der Waals surface area contributed by atoms with Gasteiger partial charge in [-0.2, -0.15) is 5.26 Å². The number of nitrogens with zero attached hydrogens (tertiary/aromatic N) is 1. The minimum Gasteiger partial charge on any atom is -0.376 e. The molecule has 0 saturated carbocycles. The maximum absolute atomic E-state index is 8.29. The van der Waals surface area contributed by atoms with Crippen molar-refractivity contribution in [2.24, 2.45) is 0 Å². The van der Waals surface area contributed by atoms with Crippen molar-refractivity contribution in [2.75, 3.05) is 6.61 Å². The third-order valence-electron chi connectivity index (χ3n) is 1.18. The minimum atomic E-state index is -0.101. The summed E-state index contributed by atoms with van der Waals surface area (Å²) in [7, 11) is 0. The van der Waals surface area contributed by atoms with Crippen LogP contribution in [-0.2, 0) is 4.74 Å². The third kappa shape index (κ3) is 1.01. The van der Waals surface area contributed by atoms with Crippen LogP contribution in [0.25, 0.3) is 0 Å². The van der Waals surface area contributed by atoms with Crippen molar-refractivity contribution in [3.05, 3.63) is 0 Å². The highest BCUT2D eigenvalue weighted by Crippen LogP contribution is 2.19. The van der Waals surface area contributed by atoms with Crippen LogP contribution < -0.4 is 0 Å². The number of rotatable bonds is 1. The summed E-state index contributed by atoms with van der Waals surface area (Å²) in [6.45, 7) is 0.814. The first-order chi connectivity index (χ1) is 3.84. The molecule has 1 aliphatic rings. The zero-order valence-corrected chi connectivity index (χ0v) is 5.89. The van der Waals surface area contributed by atoms with Crippen LogP contribution in [0.5, 0.6) is 0 Å². The fourth-order valence-corrected chi connectivity index (χ4v) is 0.985. The van der Waals surface area contributed by atoms with Crippen LogP contribution in [0, 0.1) is 11.3 Å². The van der Waals surface area contributed by atoms with E-state index in [4.69, 9.17) is 10.00 Å². The first kappa shape index (κ1) is 6.06. The molecule has 1 fully saturated rings. The first-order valence-electron chi connectivity index (χ1n) is 2.50. The minimum absolute atomic E-state index is 0.101. The van der Waals surface area contributed by atoms with E-state index in [1.165, 1.54) is 0 Å². The van der Waals surface area contributed by atoms with E-state index in [2.05, 4.69) is 22.0 Å². The molecule has 0 radical (unpaired) electrons. The standard InChI is InChI=1S/C5H6BrNO/c6-4(3-7)5-1-2-8-5/h4-5H,1-2H2. The molecule has 2 atom stereocenters. The Morgan fingerprint density at radius 3 is 2.62 bits per heavy atom. The molecule has 0 aromatic carbocycles. The van der Waals surface area contributed by atoms with Crippen molar-refractivity contribution in [3.63, 3.8) is 0 Å². The van der Waals surface area contributed by atoms with Crippen LogP contribution >= 0.6 is 15.9 Å². The lowest BCUT2D eigenvalue weighted by atomic mass is 10.1. The van der Waals surface area contributed by atoms with Crippen molar-refractivity contribution >= 4 is 15.9 Å². The zero-order chi connectivity index (χ0) is 5.98. The van der Waals surface area contributed by atoms with Gasteiger partial charge in [0.15, 0.2) is 0 Å². The molecule has 3 heteroatoms. The van der Waals surface area contributed by atoms with Gasteiger partial charge in [0.1, 0.15) is 4.83 Å². The summed E-state index contributed by atoms with van der Waals surface area (Å²) < 4.78 is 5.01. The lowest BCUT2D eigenvalue weighted by Gasteiger charge is -2.26. The predicted molar refractivity (Wildman–Crippen MR) is 32.7 cm³/mol. The highest BCUT2D eigenvalue weighted by Gasteiger charge is 2.25. The zero-order valence-electron chi connectivity index (χ0n) is 4.30. The van der Waals surface area contributed by atoms with E-state index in [1.807, 2.05) is 0 Å².